The van der Waals surface area contributed by atoms with Gasteiger partial charge in [-0.2, -0.15) is 0 Å². The van der Waals surface area contributed by atoms with Crippen molar-refractivity contribution in [3.05, 3.63) is 35.9 Å². The molecule has 2 aliphatic rings. The number of ether oxygens (including phenoxy) is 1. The molecule has 0 radical (unpaired) electrons. The normalized spacial score (nSPS) is 22.3. The van der Waals surface area contributed by atoms with Crippen LogP contribution in [0.2, 0.25) is 0 Å². The van der Waals surface area contributed by atoms with E-state index in [1.54, 1.807) is 13.8 Å². The molecule has 3 rings (SSSR count). The van der Waals surface area contributed by atoms with Crippen LogP contribution in [0, 0.1) is 5.92 Å². The highest BCUT2D eigenvalue weighted by Crippen LogP contribution is 2.29. The van der Waals surface area contributed by atoms with Crippen LogP contribution in [0.25, 0.3) is 0 Å². The van der Waals surface area contributed by atoms with Crippen LogP contribution in [0.1, 0.15) is 45.1 Å². The highest BCUT2D eigenvalue weighted by Gasteiger charge is 2.50. The van der Waals surface area contributed by atoms with Crippen LogP contribution in [-0.2, 0) is 30.3 Å². The van der Waals surface area contributed by atoms with Crippen LogP contribution in [0.15, 0.2) is 30.3 Å². The van der Waals surface area contributed by atoms with Crippen molar-refractivity contribution in [2.24, 2.45) is 5.92 Å². The summed E-state index contributed by atoms with van der Waals surface area (Å²) in [5.74, 6) is -1.25. The second kappa shape index (κ2) is 10.0. The fourth-order valence-corrected chi connectivity index (χ4v) is 3.83. The van der Waals surface area contributed by atoms with Crippen LogP contribution < -0.4 is 16.0 Å². The monoisotopic (exact) mass is 429 g/mol. The highest BCUT2D eigenvalue weighted by molar-refractivity contribution is 5.97. The summed E-state index contributed by atoms with van der Waals surface area (Å²) in [5, 5.41) is 7.97. The Morgan fingerprint density at radius 3 is 2.35 bits per heavy atom. The van der Waals surface area contributed by atoms with Crippen LogP contribution in [0.3, 0.4) is 0 Å². The van der Waals surface area contributed by atoms with Gasteiger partial charge in [0.1, 0.15) is 11.6 Å². The second-order valence-electron chi connectivity index (χ2n) is 8.62. The Hall–Kier alpha value is -2.74. The molecule has 3 atom stereocenters. The van der Waals surface area contributed by atoms with Crippen LogP contribution in [0.5, 0.6) is 0 Å². The average molecular weight is 430 g/mol. The van der Waals surface area contributed by atoms with Gasteiger partial charge in [-0.05, 0) is 38.7 Å². The van der Waals surface area contributed by atoms with Gasteiger partial charge in [0.15, 0.2) is 5.78 Å². The maximum atomic E-state index is 12.8. The molecule has 8 heteroatoms. The Bertz CT molecular complexity index is 816. The van der Waals surface area contributed by atoms with E-state index in [-0.39, 0.29) is 24.2 Å². The molecule has 1 saturated carbocycles. The van der Waals surface area contributed by atoms with Gasteiger partial charge in [-0.1, -0.05) is 43.2 Å². The predicted octanol–water partition coefficient (Wildman–Crippen LogP) is 0.883. The molecule has 31 heavy (non-hydrogen) atoms. The Morgan fingerprint density at radius 1 is 1.10 bits per heavy atom. The highest BCUT2D eigenvalue weighted by atomic mass is 16.6. The minimum atomic E-state index is -0.866. The van der Waals surface area contributed by atoms with Crippen molar-refractivity contribution in [2.75, 3.05) is 13.2 Å². The number of nitrogens with one attached hydrogen (secondary N) is 3. The van der Waals surface area contributed by atoms with Crippen molar-refractivity contribution in [3.63, 3.8) is 0 Å². The molecule has 1 aromatic rings. The minimum Gasteiger partial charge on any atom is -0.361 e. The zero-order chi connectivity index (χ0) is 22.4. The van der Waals surface area contributed by atoms with Crippen molar-refractivity contribution in [2.45, 2.75) is 63.6 Å². The van der Waals surface area contributed by atoms with E-state index in [9.17, 15) is 19.2 Å². The fourth-order valence-electron chi connectivity index (χ4n) is 3.83. The summed E-state index contributed by atoms with van der Waals surface area (Å²) in [4.78, 5) is 49.7. The summed E-state index contributed by atoms with van der Waals surface area (Å²) in [7, 11) is 0. The summed E-state index contributed by atoms with van der Waals surface area (Å²) in [5.41, 5.74) is 0.0485. The first kappa shape index (κ1) is 22.9. The number of epoxide rings is 1. The lowest BCUT2D eigenvalue weighted by Crippen LogP contribution is -2.52. The van der Waals surface area contributed by atoms with Gasteiger partial charge in [-0.3, -0.25) is 19.2 Å². The SMILES string of the molecule is C[C@@H](NC(=O)C1CCCC1)C(=O)NCC(=O)N[C@@H](Cc1ccccc1)C(=O)[C@@]1(C)CO1. The molecular formula is C23H31N3O5. The quantitative estimate of drug-likeness (QED) is 0.478. The molecule has 1 heterocycles. The standard InChI is InChI=1S/C23H31N3O5/c1-15(25-22(30)17-10-6-7-11-17)21(29)24-13-19(27)26-18(20(28)23(2)14-31-23)12-16-8-4-3-5-9-16/h3-5,8-9,15,17-18H,6-7,10-14H2,1-2H3,(H,24,29)(H,25,30)(H,26,27)/t15-,18+,23-/m1/s1. The molecule has 2 fully saturated rings. The van der Waals surface area contributed by atoms with Gasteiger partial charge in [0, 0.05) is 5.92 Å². The van der Waals surface area contributed by atoms with Crippen molar-refractivity contribution in [3.8, 4) is 0 Å². The first-order chi connectivity index (χ1) is 14.8. The maximum Gasteiger partial charge on any atom is 0.242 e. The summed E-state index contributed by atoms with van der Waals surface area (Å²) in [6, 6.07) is 7.91. The van der Waals surface area contributed by atoms with E-state index in [2.05, 4.69) is 16.0 Å². The molecule has 0 unspecified atom stereocenters. The van der Waals surface area contributed by atoms with Gasteiger partial charge < -0.3 is 20.7 Å². The zero-order valence-electron chi connectivity index (χ0n) is 18.1. The molecule has 0 aromatic heterocycles. The molecule has 168 valence electrons. The first-order valence-electron chi connectivity index (χ1n) is 10.9. The zero-order valence-corrected chi connectivity index (χ0v) is 18.1. The lowest BCUT2D eigenvalue weighted by atomic mass is 9.95. The number of carbonyl (C=O) groups is 4. The Morgan fingerprint density at radius 2 is 1.74 bits per heavy atom. The lowest BCUT2D eigenvalue weighted by Gasteiger charge is -2.20. The molecule has 3 amide bonds. The molecule has 1 saturated heterocycles. The minimum absolute atomic E-state index is 0.0330. The molecular weight excluding hydrogens is 398 g/mol. The number of hydrogen-bond acceptors (Lipinski definition) is 5. The number of amides is 3. The van der Waals surface area contributed by atoms with Gasteiger partial charge in [0.05, 0.1) is 19.2 Å². The van der Waals surface area contributed by atoms with E-state index in [1.165, 1.54) is 0 Å². The number of Topliss-reactive ketones (excluding diaryl/α,β-unsaturated/α-hetero) is 1. The molecule has 0 spiro atoms. The molecule has 3 N–H and O–H groups in total. The van der Waals surface area contributed by atoms with Crippen molar-refractivity contribution < 1.29 is 23.9 Å². The van der Waals surface area contributed by atoms with Gasteiger partial charge in [-0.15, -0.1) is 0 Å². The van der Waals surface area contributed by atoms with E-state index < -0.39 is 29.5 Å². The van der Waals surface area contributed by atoms with Crippen molar-refractivity contribution in [1.82, 2.24) is 16.0 Å². The molecule has 0 bridgehead atoms. The third-order valence-electron chi connectivity index (χ3n) is 5.93. The topological polar surface area (TPSA) is 117 Å². The van der Waals surface area contributed by atoms with Crippen molar-refractivity contribution >= 4 is 23.5 Å². The molecule has 1 aromatic carbocycles. The predicted molar refractivity (Wildman–Crippen MR) is 114 cm³/mol. The average Bonchev–Trinajstić information content (AvgIpc) is 3.27. The second-order valence-corrected chi connectivity index (χ2v) is 8.62. The van der Waals surface area contributed by atoms with Crippen LogP contribution in [-0.4, -0.2) is 54.3 Å². The van der Waals surface area contributed by atoms with E-state index in [0.29, 0.717) is 13.0 Å². The first-order valence-corrected chi connectivity index (χ1v) is 10.9. The van der Waals surface area contributed by atoms with Gasteiger partial charge >= 0.3 is 0 Å². The maximum absolute atomic E-state index is 12.8. The van der Waals surface area contributed by atoms with Crippen LogP contribution >= 0.6 is 0 Å². The van der Waals surface area contributed by atoms with Gasteiger partial charge in [0.2, 0.25) is 17.7 Å². The van der Waals surface area contributed by atoms with E-state index in [1.807, 2.05) is 30.3 Å². The third kappa shape index (κ3) is 6.37. The Balaban J connectivity index is 1.49. The van der Waals surface area contributed by atoms with E-state index in [4.69, 9.17) is 4.74 Å². The Kier molecular flexibility index (Phi) is 7.43. The number of ketones is 1. The number of benzene rings is 1. The van der Waals surface area contributed by atoms with Gasteiger partial charge in [0.25, 0.3) is 0 Å². The molecule has 1 aliphatic carbocycles. The van der Waals surface area contributed by atoms with E-state index >= 15 is 0 Å². The van der Waals surface area contributed by atoms with Crippen LogP contribution in [0.4, 0.5) is 0 Å². The summed E-state index contributed by atoms with van der Waals surface area (Å²) >= 11 is 0. The Labute approximate surface area is 182 Å². The lowest BCUT2D eigenvalue weighted by molar-refractivity contribution is -0.132. The molecule has 1 aliphatic heterocycles. The number of carbonyl (C=O) groups excluding carboxylic acids is 4. The largest absolute Gasteiger partial charge is 0.361 e. The van der Waals surface area contributed by atoms with E-state index in [0.717, 1.165) is 31.2 Å². The summed E-state index contributed by atoms with van der Waals surface area (Å²) in [6.07, 6.45) is 4.10. The smallest absolute Gasteiger partial charge is 0.242 e. The molecule has 8 nitrogen and oxygen atoms in total. The van der Waals surface area contributed by atoms with Gasteiger partial charge in [-0.25, -0.2) is 0 Å². The van der Waals surface area contributed by atoms with Crippen molar-refractivity contribution in [1.29, 1.82) is 0 Å². The fraction of sp³-hybridized carbons (Fsp3) is 0.565. The summed E-state index contributed by atoms with van der Waals surface area (Å²) < 4.78 is 5.26. The number of hydrogen-bond donors (Lipinski definition) is 3. The third-order valence-corrected chi connectivity index (χ3v) is 5.93. The number of rotatable bonds is 10. The summed E-state index contributed by atoms with van der Waals surface area (Å²) in [6.45, 7) is 3.35.